The van der Waals surface area contributed by atoms with E-state index in [2.05, 4.69) is 10.1 Å². The molecule has 24 heavy (non-hydrogen) atoms. The maximum absolute atomic E-state index is 13.0. The van der Waals surface area contributed by atoms with Crippen LogP contribution in [0.2, 0.25) is 0 Å². The molecular formula is C16H20N4O4. The SMILES string of the molecule is Cc1cc(C)n2nc(C)c(C(=O)N3CC(C(=O)O)O[C@H](C)C3)c2n1. The Kier molecular flexibility index (Phi) is 4.00. The highest BCUT2D eigenvalue weighted by Gasteiger charge is 2.35. The highest BCUT2D eigenvalue weighted by Crippen LogP contribution is 2.21. The van der Waals surface area contributed by atoms with Gasteiger partial charge >= 0.3 is 5.97 Å². The molecule has 0 saturated carbocycles. The smallest absolute Gasteiger partial charge is 0.334 e. The molecule has 8 heteroatoms. The summed E-state index contributed by atoms with van der Waals surface area (Å²) >= 11 is 0. The molecule has 3 rings (SSSR count). The number of carboxylic acids is 1. The van der Waals surface area contributed by atoms with Gasteiger partial charge in [0.05, 0.1) is 18.3 Å². The van der Waals surface area contributed by atoms with Gasteiger partial charge in [-0.3, -0.25) is 4.79 Å². The van der Waals surface area contributed by atoms with Crippen molar-refractivity contribution in [3.63, 3.8) is 0 Å². The van der Waals surface area contributed by atoms with Gasteiger partial charge in [-0.25, -0.2) is 14.3 Å². The predicted molar refractivity (Wildman–Crippen MR) is 85.1 cm³/mol. The molecule has 2 atom stereocenters. The fourth-order valence-corrected chi connectivity index (χ4v) is 3.09. The summed E-state index contributed by atoms with van der Waals surface area (Å²) < 4.78 is 7.02. The van der Waals surface area contributed by atoms with Gasteiger partial charge in [-0.2, -0.15) is 5.10 Å². The van der Waals surface area contributed by atoms with Crippen LogP contribution in [0.5, 0.6) is 0 Å². The number of aromatic nitrogens is 3. The lowest BCUT2D eigenvalue weighted by Gasteiger charge is -2.34. The predicted octanol–water partition coefficient (Wildman–Crippen LogP) is 0.969. The molecule has 2 aromatic heterocycles. The summed E-state index contributed by atoms with van der Waals surface area (Å²) in [7, 11) is 0. The average Bonchev–Trinajstić information content (AvgIpc) is 2.82. The molecule has 2 aromatic rings. The number of nitrogens with zero attached hydrogens (tertiary/aromatic N) is 4. The van der Waals surface area contributed by atoms with Crippen molar-refractivity contribution in [3.05, 3.63) is 28.7 Å². The molecule has 1 aliphatic rings. The Labute approximate surface area is 139 Å². The van der Waals surface area contributed by atoms with Gasteiger partial charge in [-0.1, -0.05) is 0 Å². The van der Waals surface area contributed by atoms with Crippen LogP contribution in [0, 0.1) is 20.8 Å². The number of morpholine rings is 1. The zero-order chi connectivity index (χ0) is 17.6. The number of carbonyl (C=O) groups excluding carboxylic acids is 1. The number of ether oxygens (including phenoxy) is 1. The van der Waals surface area contributed by atoms with Crippen LogP contribution in [-0.4, -0.2) is 61.8 Å². The first-order chi connectivity index (χ1) is 11.3. The van der Waals surface area contributed by atoms with E-state index in [1.165, 1.54) is 4.90 Å². The van der Waals surface area contributed by atoms with E-state index in [-0.39, 0.29) is 18.6 Å². The van der Waals surface area contributed by atoms with Crippen LogP contribution >= 0.6 is 0 Å². The second-order valence-electron chi connectivity index (χ2n) is 6.22. The minimum atomic E-state index is -1.07. The van der Waals surface area contributed by atoms with Crippen molar-refractivity contribution < 1.29 is 19.4 Å². The first kappa shape index (κ1) is 16.4. The van der Waals surface area contributed by atoms with Crippen molar-refractivity contribution in [2.75, 3.05) is 13.1 Å². The maximum atomic E-state index is 13.0. The molecule has 1 saturated heterocycles. The normalized spacial score (nSPS) is 21.2. The molecule has 0 radical (unpaired) electrons. The largest absolute Gasteiger partial charge is 0.479 e. The van der Waals surface area contributed by atoms with E-state index < -0.39 is 12.1 Å². The van der Waals surface area contributed by atoms with Gasteiger partial charge in [-0.15, -0.1) is 0 Å². The Bertz CT molecular complexity index is 829. The number of carboxylic acid groups (broad SMARTS) is 1. The zero-order valence-electron chi connectivity index (χ0n) is 14.1. The van der Waals surface area contributed by atoms with E-state index in [4.69, 9.17) is 4.74 Å². The monoisotopic (exact) mass is 332 g/mol. The third kappa shape index (κ3) is 2.73. The van der Waals surface area contributed by atoms with Crippen molar-refractivity contribution in [1.82, 2.24) is 19.5 Å². The topological polar surface area (TPSA) is 97.0 Å². The van der Waals surface area contributed by atoms with Gasteiger partial charge in [0, 0.05) is 17.9 Å². The summed E-state index contributed by atoms with van der Waals surface area (Å²) in [5.74, 6) is -1.33. The minimum absolute atomic E-state index is 0.0140. The average molecular weight is 332 g/mol. The van der Waals surface area contributed by atoms with Crippen molar-refractivity contribution in [1.29, 1.82) is 0 Å². The molecule has 1 amide bonds. The van der Waals surface area contributed by atoms with Crippen LogP contribution < -0.4 is 0 Å². The molecule has 1 unspecified atom stereocenters. The molecule has 1 N–H and O–H groups in total. The van der Waals surface area contributed by atoms with E-state index in [0.29, 0.717) is 23.4 Å². The zero-order valence-corrected chi connectivity index (χ0v) is 14.1. The second-order valence-corrected chi connectivity index (χ2v) is 6.22. The van der Waals surface area contributed by atoms with Gasteiger partial charge in [0.15, 0.2) is 11.8 Å². The minimum Gasteiger partial charge on any atom is -0.479 e. The highest BCUT2D eigenvalue weighted by atomic mass is 16.5. The maximum Gasteiger partial charge on any atom is 0.334 e. The van der Waals surface area contributed by atoms with Gasteiger partial charge < -0.3 is 14.7 Å². The molecule has 3 heterocycles. The molecule has 128 valence electrons. The van der Waals surface area contributed by atoms with Crippen LogP contribution in [0.1, 0.15) is 34.4 Å². The lowest BCUT2D eigenvalue weighted by molar-refractivity contribution is -0.160. The Hall–Kier alpha value is -2.48. The first-order valence-corrected chi connectivity index (χ1v) is 7.79. The third-order valence-electron chi connectivity index (χ3n) is 4.11. The number of hydrogen-bond acceptors (Lipinski definition) is 5. The Balaban J connectivity index is 2.02. The Morgan fingerprint density at radius 1 is 1.29 bits per heavy atom. The molecule has 8 nitrogen and oxygen atoms in total. The van der Waals surface area contributed by atoms with Crippen LogP contribution in [0.3, 0.4) is 0 Å². The molecule has 0 bridgehead atoms. The van der Waals surface area contributed by atoms with Crippen molar-refractivity contribution in [3.8, 4) is 0 Å². The van der Waals surface area contributed by atoms with Crippen LogP contribution in [0.25, 0.3) is 5.65 Å². The fourth-order valence-electron chi connectivity index (χ4n) is 3.09. The van der Waals surface area contributed by atoms with E-state index in [1.807, 2.05) is 19.9 Å². The van der Waals surface area contributed by atoms with Crippen LogP contribution in [-0.2, 0) is 9.53 Å². The number of amides is 1. The second kappa shape index (κ2) is 5.86. The third-order valence-corrected chi connectivity index (χ3v) is 4.11. The lowest BCUT2D eigenvalue weighted by Crippen LogP contribution is -2.51. The number of aryl methyl sites for hydroxylation is 3. The number of carbonyl (C=O) groups is 2. The Morgan fingerprint density at radius 2 is 2.00 bits per heavy atom. The molecule has 1 aliphatic heterocycles. The molecule has 1 fully saturated rings. The molecule has 0 aromatic carbocycles. The molecular weight excluding hydrogens is 312 g/mol. The first-order valence-electron chi connectivity index (χ1n) is 7.79. The summed E-state index contributed by atoms with van der Waals surface area (Å²) in [5.41, 5.74) is 3.18. The van der Waals surface area contributed by atoms with E-state index in [0.717, 1.165) is 11.4 Å². The highest BCUT2D eigenvalue weighted by molar-refractivity contribution is 6.01. The fraction of sp³-hybridized carbons (Fsp3) is 0.500. The van der Waals surface area contributed by atoms with E-state index in [1.54, 1.807) is 18.4 Å². The number of hydrogen-bond donors (Lipinski definition) is 1. The van der Waals surface area contributed by atoms with E-state index in [9.17, 15) is 14.7 Å². The summed E-state index contributed by atoms with van der Waals surface area (Å²) in [4.78, 5) is 30.2. The lowest BCUT2D eigenvalue weighted by atomic mass is 10.1. The summed E-state index contributed by atoms with van der Waals surface area (Å²) in [6.07, 6.45) is -1.36. The quantitative estimate of drug-likeness (QED) is 0.880. The Morgan fingerprint density at radius 3 is 2.67 bits per heavy atom. The van der Waals surface area contributed by atoms with Crippen molar-refractivity contribution in [2.24, 2.45) is 0 Å². The standard InChI is InChI=1S/C16H20N4O4/c1-8-5-9(2)20-14(17-8)13(11(4)18-20)15(21)19-6-10(3)24-12(7-19)16(22)23/h5,10,12H,6-7H2,1-4H3,(H,22,23)/t10-,12?/m1/s1. The van der Waals surface area contributed by atoms with Crippen molar-refractivity contribution >= 4 is 17.5 Å². The molecule has 0 spiro atoms. The number of aliphatic carboxylic acids is 1. The van der Waals surface area contributed by atoms with Gasteiger partial charge in [0.2, 0.25) is 0 Å². The van der Waals surface area contributed by atoms with E-state index >= 15 is 0 Å². The van der Waals surface area contributed by atoms with Gasteiger partial charge in [0.1, 0.15) is 5.56 Å². The van der Waals surface area contributed by atoms with Crippen molar-refractivity contribution in [2.45, 2.75) is 39.9 Å². The molecule has 0 aliphatic carbocycles. The number of rotatable bonds is 2. The summed E-state index contributed by atoms with van der Waals surface area (Å²) in [6, 6.07) is 1.89. The van der Waals surface area contributed by atoms with Crippen LogP contribution in [0.4, 0.5) is 0 Å². The van der Waals surface area contributed by atoms with Crippen LogP contribution in [0.15, 0.2) is 6.07 Å². The summed E-state index contributed by atoms with van der Waals surface area (Å²) in [6.45, 7) is 7.63. The summed E-state index contributed by atoms with van der Waals surface area (Å²) in [5, 5.41) is 13.6. The van der Waals surface area contributed by atoms with Gasteiger partial charge in [-0.05, 0) is 33.8 Å². The number of fused-ring (bicyclic) bond motifs is 1. The van der Waals surface area contributed by atoms with Gasteiger partial charge in [0.25, 0.3) is 5.91 Å².